The lowest BCUT2D eigenvalue weighted by Crippen LogP contribution is -2.53. The minimum Gasteiger partial charge on any atom is -0.591 e. The third-order valence-corrected chi connectivity index (χ3v) is 12.6. The van der Waals surface area contributed by atoms with E-state index in [1.54, 1.807) is 12.1 Å². The zero-order valence-corrected chi connectivity index (χ0v) is 23.5. The fraction of sp³-hybridized carbons (Fsp3) is 0.696. The Kier molecular flexibility index (Phi) is 8.65. The monoisotopic (exact) mass is 533 g/mol. The molecule has 0 aliphatic carbocycles. The van der Waals surface area contributed by atoms with Crippen LogP contribution in [0.1, 0.15) is 66.4 Å². The second kappa shape index (κ2) is 9.93. The fourth-order valence-corrected chi connectivity index (χ4v) is 5.85. The van der Waals surface area contributed by atoms with Crippen molar-refractivity contribution in [2.75, 3.05) is 13.2 Å². The molecule has 1 aliphatic heterocycles. The van der Waals surface area contributed by atoms with E-state index in [-0.39, 0.29) is 10.9 Å². The molecular weight excluding hydrogens is 497 g/mol. The summed E-state index contributed by atoms with van der Waals surface area (Å²) in [6.45, 7) is 17.9. The van der Waals surface area contributed by atoms with Crippen LogP contribution in [-0.4, -0.2) is 42.1 Å². The lowest BCUT2D eigenvalue weighted by Gasteiger charge is -2.47. The normalized spacial score (nSPS) is 19.4. The Morgan fingerprint density at radius 3 is 2.32 bits per heavy atom. The van der Waals surface area contributed by atoms with Gasteiger partial charge in [0.05, 0.1) is 5.60 Å². The molecule has 2 rings (SSSR count). The summed E-state index contributed by atoms with van der Waals surface area (Å²) < 4.78 is 45.3. The van der Waals surface area contributed by atoms with Crippen molar-refractivity contribution in [2.24, 2.45) is 4.40 Å². The topological polar surface area (TPSA) is 53.9 Å². The summed E-state index contributed by atoms with van der Waals surface area (Å²) >= 11 is 1.93. The van der Waals surface area contributed by atoms with Gasteiger partial charge >= 0.3 is 0 Å². The van der Waals surface area contributed by atoms with Crippen molar-refractivity contribution in [1.82, 2.24) is 0 Å². The number of rotatable bonds is 6. The minimum atomic E-state index is -2.12. The van der Waals surface area contributed by atoms with E-state index in [1.165, 1.54) is 6.07 Å². The average Bonchev–Trinajstić information content (AvgIpc) is 2.61. The molecule has 1 aromatic rings. The first kappa shape index (κ1) is 27.0. The van der Waals surface area contributed by atoms with Gasteiger partial charge in [-0.25, -0.2) is 4.39 Å². The number of hydrogen-bond acceptors (Lipinski definition) is 4. The summed E-state index contributed by atoms with van der Waals surface area (Å²) in [7, 11) is -2.12. The Balaban J connectivity index is 2.55. The molecule has 1 atom stereocenters. The predicted molar refractivity (Wildman–Crippen MR) is 134 cm³/mol. The van der Waals surface area contributed by atoms with Crippen LogP contribution in [0.25, 0.3) is 0 Å². The van der Waals surface area contributed by atoms with Gasteiger partial charge in [0.25, 0.3) is 0 Å². The highest BCUT2D eigenvalue weighted by Crippen LogP contribution is 2.43. The standard InChI is InChI=1S/C23H37BrFNO3SSi/c1-21(2,3)30(27)26-20(18-15-17(24)9-10-19(18)25)16-23(11-13-28-14-12-23)29-31(7,8)22(4,5)6/h9-10,15H,11-14,16H2,1-8H3/b26-20+. The molecule has 1 aromatic carbocycles. The number of hydrogen-bond donors (Lipinski definition) is 0. The van der Waals surface area contributed by atoms with Gasteiger partial charge in [-0.15, -0.1) is 0 Å². The molecule has 1 saturated heterocycles. The van der Waals surface area contributed by atoms with Gasteiger partial charge in [0.2, 0.25) is 0 Å². The van der Waals surface area contributed by atoms with Gasteiger partial charge in [0.15, 0.2) is 8.32 Å². The summed E-state index contributed by atoms with van der Waals surface area (Å²) in [6.07, 6.45) is 1.81. The maximum atomic E-state index is 14.9. The molecule has 0 bridgehead atoms. The molecule has 0 amide bonds. The van der Waals surface area contributed by atoms with Crippen LogP contribution in [0.2, 0.25) is 18.1 Å². The highest BCUT2D eigenvalue weighted by molar-refractivity contribution is 9.10. The molecule has 8 heteroatoms. The fourth-order valence-electron chi connectivity index (χ4n) is 3.19. The van der Waals surface area contributed by atoms with Crippen LogP contribution >= 0.6 is 15.9 Å². The van der Waals surface area contributed by atoms with E-state index < -0.39 is 30.0 Å². The molecule has 1 heterocycles. The van der Waals surface area contributed by atoms with Crippen molar-refractivity contribution in [1.29, 1.82) is 0 Å². The number of benzene rings is 1. The van der Waals surface area contributed by atoms with E-state index in [9.17, 15) is 8.94 Å². The Hall–Kier alpha value is -0.253. The zero-order valence-electron chi connectivity index (χ0n) is 20.1. The van der Waals surface area contributed by atoms with Crippen LogP contribution in [0.4, 0.5) is 4.39 Å². The van der Waals surface area contributed by atoms with Crippen molar-refractivity contribution in [3.63, 3.8) is 0 Å². The van der Waals surface area contributed by atoms with E-state index >= 15 is 0 Å². The molecule has 0 spiro atoms. The van der Waals surface area contributed by atoms with Crippen molar-refractivity contribution in [3.8, 4) is 0 Å². The van der Waals surface area contributed by atoms with Gasteiger partial charge in [-0.2, -0.15) is 0 Å². The van der Waals surface area contributed by atoms with Crippen LogP contribution in [0.5, 0.6) is 0 Å². The van der Waals surface area contributed by atoms with Crippen LogP contribution < -0.4 is 0 Å². The lowest BCUT2D eigenvalue weighted by molar-refractivity contribution is -0.0492. The largest absolute Gasteiger partial charge is 0.591 e. The molecule has 0 radical (unpaired) electrons. The molecule has 4 nitrogen and oxygen atoms in total. The Labute approximate surface area is 200 Å². The first-order chi connectivity index (χ1) is 14.1. The highest BCUT2D eigenvalue weighted by atomic mass is 79.9. The average molecular weight is 535 g/mol. The van der Waals surface area contributed by atoms with E-state index in [4.69, 9.17) is 9.16 Å². The van der Waals surface area contributed by atoms with E-state index in [0.717, 1.165) is 4.47 Å². The number of ether oxygens (including phenoxy) is 1. The smallest absolute Gasteiger partial charge is 0.192 e. The lowest BCUT2D eigenvalue weighted by atomic mass is 9.86. The molecule has 1 unspecified atom stereocenters. The highest BCUT2D eigenvalue weighted by Gasteiger charge is 2.46. The molecule has 1 aliphatic rings. The number of nitrogens with zero attached hydrogens (tertiary/aromatic N) is 1. The van der Waals surface area contributed by atoms with E-state index in [1.807, 2.05) is 20.8 Å². The third-order valence-electron chi connectivity index (χ3n) is 6.13. The van der Waals surface area contributed by atoms with Gasteiger partial charge in [0, 0.05) is 29.7 Å². The Morgan fingerprint density at radius 2 is 1.81 bits per heavy atom. The minimum absolute atomic E-state index is 0.0326. The van der Waals surface area contributed by atoms with Gasteiger partial charge < -0.3 is 13.7 Å². The maximum Gasteiger partial charge on any atom is 0.192 e. The predicted octanol–water partition coefficient (Wildman–Crippen LogP) is 6.80. The van der Waals surface area contributed by atoms with Crippen molar-refractivity contribution < 1.29 is 18.1 Å². The maximum absolute atomic E-state index is 14.9. The SMILES string of the molecule is CC(C)(C)[S+]([O-])/N=C(\CC1(O[Si](C)(C)C(C)(C)C)CCOCC1)c1cc(Br)ccc1F. The first-order valence-electron chi connectivity index (χ1n) is 10.8. The summed E-state index contributed by atoms with van der Waals surface area (Å²) in [5, 5.41) is 0.0326. The first-order valence-corrected chi connectivity index (χ1v) is 15.6. The molecule has 176 valence electrons. The summed E-state index contributed by atoms with van der Waals surface area (Å²) in [5.41, 5.74) is 0.348. The molecular formula is C23H37BrFNO3SSi. The Morgan fingerprint density at radius 1 is 1.23 bits per heavy atom. The molecule has 0 aromatic heterocycles. The van der Waals surface area contributed by atoms with Crippen molar-refractivity contribution in [2.45, 2.75) is 89.3 Å². The van der Waals surface area contributed by atoms with E-state index in [2.05, 4.69) is 54.2 Å². The van der Waals surface area contributed by atoms with Gasteiger partial charge in [0.1, 0.15) is 27.6 Å². The molecule has 1 fully saturated rings. The van der Waals surface area contributed by atoms with E-state index in [0.29, 0.717) is 43.8 Å². The summed E-state index contributed by atoms with van der Waals surface area (Å²) in [4.78, 5) is 0. The second-order valence-corrected chi connectivity index (χ2v) is 18.4. The number of halogens is 2. The molecule has 0 saturated carbocycles. The van der Waals surface area contributed by atoms with Crippen molar-refractivity contribution >= 4 is 41.3 Å². The van der Waals surface area contributed by atoms with Crippen LogP contribution in [0.3, 0.4) is 0 Å². The van der Waals surface area contributed by atoms with Gasteiger partial charge in [-0.05, 0) is 69.9 Å². The third kappa shape index (κ3) is 7.11. The second-order valence-electron chi connectivity index (χ2n) is 10.9. The Bertz CT molecular complexity index is 799. The summed E-state index contributed by atoms with van der Waals surface area (Å²) in [6, 6.07) is 4.79. The van der Waals surface area contributed by atoms with Gasteiger partial charge in [-0.1, -0.05) is 41.1 Å². The van der Waals surface area contributed by atoms with Crippen molar-refractivity contribution in [3.05, 3.63) is 34.1 Å². The van der Waals surface area contributed by atoms with Crippen LogP contribution in [0.15, 0.2) is 27.1 Å². The molecule has 0 N–H and O–H groups in total. The van der Waals surface area contributed by atoms with Gasteiger partial charge in [-0.3, -0.25) is 0 Å². The zero-order chi connectivity index (χ0) is 23.7. The quantitative estimate of drug-likeness (QED) is 0.229. The van der Waals surface area contributed by atoms with Crippen LogP contribution in [-0.2, 0) is 20.5 Å². The summed E-state index contributed by atoms with van der Waals surface area (Å²) in [5.74, 6) is -0.373. The van der Waals surface area contributed by atoms with Crippen LogP contribution in [0, 0.1) is 5.82 Å². The molecule has 31 heavy (non-hydrogen) atoms.